The lowest BCUT2D eigenvalue weighted by Gasteiger charge is -2.14. The van der Waals surface area contributed by atoms with E-state index in [0.717, 1.165) is 29.9 Å². The molecule has 1 aromatic rings. The molecule has 1 fully saturated rings. The fourth-order valence-corrected chi connectivity index (χ4v) is 2.22. The summed E-state index contributed by atoms with van der Waals surface area (Å²) in [6.07, 6.45) is 0. The van der Waals surface area contributed by atoms with Crippen LogP contribution in [0.1, 0.15) is 6.92 Å². The summed E-state index contributed by atoms with van der Waals surface area (Å²) < 4.78 is 6.71. The minimum Gasteiger partial charge on any atom is -0.492 e. The van der Waals surface area contributed by atoms with Crippen molar-refractivity contribution in [3.05, 3.63) is 28.7 Å². The first-order valence-electron chi connectivity index (χ1n) is 6.33. The van der Waals surface area contributed by atoms with Crippen molar-refractivity contribution in [3.63, 3.8) is 0 Å². The zero-order valence-electron chi connectivity index (χ0n) is 10.6. The molecule has 2 atom stereocenters. The first-order valence-corrected chi connectivity index (χ1v) is 7.12. The fourth-order valence-electron chi connectivity index (χ4n) is 1.95. The monoisotopic (exact) mass is 313 g/mol. The van der Waals surface area contributed by atoms with Crippen LogP contribution in [0.25, 0.3) is 0 Å². The Labute approximate surface area is 117 Å². The molecule has 100 valence electrons. The zero-order chi connectivity index (χ0) is 12.8. The highest BCUT2D eigenvalue weighted by Crippen LogP contribution is 2.15. The van der Waals surface area contributed by atoms with E-state index >= 15 is 0 Å². The third kappa shape index (κ3) is 4.24. The van der Waals surface area contributed by atoms with Gasteiger partial charge in [0.15, 0.2) is 0 Å². The summed E-state index contributed by atoms with van der Waals surface area (Å²) in [4.78, 5) is 0. The van der Waals surface area contributed by atoms with E-state index in [2.05, 4.69) is 39.0 Å². The van der Waals surface area contributed by atoms with Crippen molar-refractivity contribution >= 4 is 15.9 Å². The molecule has 0 saturated carbocycles. The Balaban J connectivity index is 1.57. The van der Waals surface area contributed by atoms with Crippen LogP contribution in [0.3, 0.4) is 0 Å². The lowest BCUT2D eigenvalue weighted by Crippen LogP contribution is -2.34. The second-order valence-electron chi connectivity index (χ2n) is 4.58. The first kappa shape index (κ1) is 13.8. The molecule has 0 amide bonds. The Morgan fingerprint density at radius 3 is 2.83 bits per heavy atom. The van der Waals surface area contributed by atoms with Gasteiger partial charge in [-0.15, -0.1) is 0 Å². The molecule has 0 aliphatic carbocycles. The van der Waals surface area contributed by atoms with Crippen LogP contribution in [0, 0.1) is 5.92 Å². The number of benzene rings is 1. The smallest absolute Gasteiger partial charge is 0.119 e. The van der Waals surface area contributed by atoms with Gasteiger partial charge >= 0.3 is 0 Å². The molecule has 4 nitrogen and oxygen atoms in total. The second kappa shape index (κ2) is 7.09. The van der Waals surface area contributed by atoms with Crippen molar-refractivity contribution in [1.29, 1.82) is 0 Å². The van der Waals surface area contributed by atoms with Gasteiger partial charge in [0, 0.05) is 36.1 Å². The summed E-state index contributed by atoms with van der Waals surface area (Å²) in [5.41, 5.74) is 6.38. The maximum absolute atomic E-state index is 5.64. The molecular weight excluding hydrogens is 294 g/mol. The molecule has 3 N–H and O–H groups in total. The van der Waals surface area contributed by atoms with Gasteiger partial charge in [-0.05, 0) is 31.2 Å². The molecule has 0 radical (unpaired) electrons. The highest BCUT2D eigenvalue weighted by molar-refractivity contribution is 9.10. The maximum Gasteiger partial charge on any atom is 0.119 e. The van der Waals surface area contributed by atoms with Crippen LogP contribution in [-0.2, 0) is 0 Å². The lowest BCUT2D eigenvalue weighted by atomic mass is 10.0. The molecule has 18 heavy (non-hydrogen) atoms. The van der Waals surface area contributed by atoms with Crippen molar-refractivity contribution in [3.8, 4) is 5.75 Å². The van der Waals surface area contributed by atoms with Crippen LogP contribution in [0.4, 0.5) is 0 Å². The topological polar surface area (TPSA) is 45.3 Å². The number of ether oxygens (including phenoxy) is 1. The molecule has 0 aromatic heterocycles. The van der Waals surface area contributed by atoms with Crippen LogP contribution in [-0.4, -0.2) is 32.3 Å². The second-order valence-corrected chi connectivity index (χ2v) is 5.50. The summed E-state index contributed by atoms with van der Waals surface area (Å²) >= 11 is 3.40. The third-order valence-electron chi connectivity index (χ3n) is 3.17. The molecule has 1 aromatic carbocycles. The van der Waals surface area contributed by atoms with E-state index in [0.29, 0.717) is 18.6 Å². The van der Waals surface area contributed by atoms with Gasteiger partial charge in [0.2, 0.25) is 0 Å². The van der Waals surface area contributed by atoms with Crippen molar-refractivity contribution < 1.29 is 4.74 Å². The number of hydrogen-bond donors (Lipinski definition) is 3. The van der Waals surface area contributed by atoms with E-state index in [1.165, 1.54) is 0 Å². The lowest BCUT2D eigenvalue weighted by molar-refractivity contribution is 0.308. The normalized spacial score (nSPS) is 23.2. The number of halogens is 1. The van der Waals surface area contributed by atoms with Crippen LogP contribution < -0.4 is 20.9 Å². The van der Waals surface area contributed by atoms with Gasteiger partial charge in [0.25, 0.3) is 0 Å². The molecule has 1 aliphatic heterocycles. The fraction of sp³-hybridized carbons (Fsp3) is 0.538. The van der Waals surface area contributed by atoms with Gasteiger partial charge in [0.05, 0.1) is 0 Å². The predicted octanol–water partition coefficient (Wildman–Crippen LogP) is 1.53. The van der Waals surface area contributed by atoms with Gasteiger partial charge in [-0.25, -0.2) is 0 Å². The summed E-state index contributed by atoms with van der Waals surface area (Å²) in [5.74, 6) is 1.57. The maximum atomic E-state index is 5.64. The Kier molecular flexibility index (Phi) is 5.44. The molecule has 2 unspecified atom stereocenters. The zero-order valence-corrected chi connectivity index (χ0v) is 12.2. The minimum absolute atomic E-state index is 0.532. The number of hydrogen-bond acceptors (Lipinski definition) is 4. The van der Waals surface area contributed by atoms with E-state index in [1.54, 1.807) is 0 Å². The molecule has 1 aliphatic rings. The van der Waals surface area contributed by atoms with Crippen LogP contribution in [0.5, 0.6) is 5.75 Å². The highest BCUT2D eigenvalue weighted by atomic mass is 79.9. The summed E-state index contributed by atoms with van der Waals surface area (Å²) in [6.45, 7) is 5.82. The quantitative estimate of drug-likeness (QED) is 0.697. The molecule has 2 rings (SSSR count). The SMILES string of the molecule is CC1NNCC1CNCCOc1ccc(Br)cc1. The van der Waals surface area contributed by atoms with Crippen LogP contribution >= 0.6 is 15.9 Å². The third-order valence-corrected chi connectivity index (χ3v) is 3.70. The van der Waals surface area contributed by atoms with Gasteiger partial charge in [-0.1, -0.05) is 15.9 Å². The number of hydrazine groups is 1. The molecule has 1 heterocycles. The first-order chi connectivity index (χ1) is 8.75. The Morgan fingerprint density at radius 2 is 2.17 bits per heavy atom. The Hall–Kier alpha value is -0.620. The highest BCUT2D eigenvalue weighted by Gasteiger charge is 2.21. The van der Waals surface area contributed by atoms with Crippen molar-refractivity contribution in [2.75, 3.05) is 26.2 Å². The molecule has 5 heteroatoms. The van der Waals surface area contributed by atoms with Crippen LogP contribution in [0.2, 0.25) is 0 Å². The summed E-state index contributed by atoms with van der Waals surface area (Å²) in [5, 5.41) is 3.43. The molecular formula is C13H20BrN3O. The van der Waals surface area contributed by atoms with E-state index in [9.17, 15) is 0 Å². The predicted molar refractivity (Wildman–Crippen MR) is 76.6 cm³/mol. The summed E-state index contributed by atoms with van der Waals surface area (Å²) in [6, 6.07) is 8.44. The van der Waals surface area contributed by atoms with Crippen molar-refractivity contribution in [2.45, 2.75) is 13.0 Å². The van der Waals surface area contributed by atoms with E-state index in [1.807, 2.05) is 24.3 Å². The van der Waals surface area contributed by atoms with E-state index in [-0.39, 0.29) is 0 Å². The molecule has 0 spiro atoms. The average molecular weight is 314 g/mol. The van der Waals surface area contributed by atoms with E-state index < -0.39 is 0 Å². The Morgan fingerprint density at radius 1 is 1.39 bits per heavy atom. The van der Waals surface area contributed by atoms with Gasteiger partial charge in [0.1, 0.15) is 12.4 Å². The average Bonchev–Trinajstić information content (AvgIpc) is 2.77. The molecule has 1 saturated heterocycles. The largest absolute Gasteiger partial charge is 0.492 e. The molecule has 0 bridgehead atoms. The van der Waals surface area contributed by atoms with Crippen molar-refractivity contribution in [1.82, 2.24) is 16.2 Å². The standard InChI is InChI=1S/C13H20BrN3O/c1-10-11(9-16-17-10)8-15-6-7-18-13-4-2-12(14)3-5-13/h2-5,10-11,15-17H,6-9H2,1H3. The van der Waals surface area contributed by atoms with Crippen LogP contribution in [0.15, 0.2) is 28.7 Å². The van der Waals surface area contributed by atoms with Gasteiger partial charge in [-0.3, -0.25) is 10.9 Å². The Bertz CT molecular complexity index is 358. The summed E-state index contributed by atoms with van der Waals surface area (Å²) in [7, 11) is 0. The van der Waals surface area contributed by atoms with Gasteiger partial charge < -0.3 is 10.1 Å². The number of rotatable bonds is 6. The van der Waals surface area contributed by atoms with Gasteiger partial charge in [-0.2, -0.15) is 0 Å². The minimum atomic E-state index is 0.532. The van der Waals surface area contributed by atoms with E-state index in [4.69, 9.17) is 4.74 Å². The van der Waals surface area contributed by atoms with Crippen molar-refractivity contribution in [2.24, 2.45) is 5.92 Å². The number of nitrogens with one attached hydrogen (secondary N) is 3.